The van der Waals surface area contributed by atoms with Crippen molar-refractivity contribution in [3.8, 4) is 0 Å². The molecule has 0 aliphatic carbocycles. The highest BCUT2D eigenvalue weighted by Crippen LogP contribution is 2.29. The van der Waals surface area contributed by atoms with Crippen LogP contribution in [0.5, 0.6) is 0 Å². The highest BCUT2D eigenvalue weighted by molar-refractivity contribution is 5.94. The molecule has 2 aromatic rings. The fourth-order valence-corrected chi connectivity index (χ4v) is 2.91. The molecule has 21 heavy (non-hydrogen) atoms. The summed E-state index contributed by atoms with van der Waals surface area (Å²) in [6, 6.07) is 5.41. The predicted molar refractivity (Wildman–Crippen MR) is 83.0 cm³/mol. The van der Waals surface area contributed by atoms with Crippen molar-refractivity contribution in [2.45, 2.75) is 25.3 Å². The highest BCUT2D eigenvalue weighted by atomic mass is 16.2. The lowest BCUT2D eigenvalue weighted by Crippen LogP contribution is -2.49. The molecule has 0 radical (unpaired) electrons. The first kappa shape index (κ1) is 13.6. The molecule has 1 aliphatic rings. The van der Waals surface area contributed by atoms with E-state index in [4.69, 9.17) is 5.73 Å². The molecule has 1 amide bonds. The summed E-state index contributed by atoms with van der Waals surface area (Å²) in [6.45, 7) is 0.818. The Labute approximate surface area is 123 Å². The van der Waals surface area contributed by atoms with Crippen LogP contribution >= 0.6 is 0 Å². The van der Waals surface area contributed by atoms with Gasteiger partial charge in [-0.2, -0.15) is 0 Å². The van der Waals surface area contributed by atoms with Gasteiger partial charge < -0.3 is 16.0 Å². The summed E-state index contributed by atoms with van der Waals surface area (Å²) in [5, 5.41) is 3.64. The van der Waals surface area contributed by atoms with Crippen molar-refractivity contribution in [2.24, 2.45) is 0 Å². The third-order valence-electron chi connectivity index (χ3n) is 3.96. The number of nitrogens with two attached hydrogens (primary N) is 1. The summed E-state index contributed by atoms with van der Waals surface area (Å²) in [5.74, 6) is 0.825. The third kappa shape index (κ3) is 2.49. The van der Waals surface area contributed by atoms with Crippen LogP contribution in [-0.4, -0.2) is 35.5 Å². The number of nitrogen functional groups attached to an aromatic ring is 1. The molecule has 6 heteroatoms. The van der Waals surface area contributed by atoms with E-state index in [1.807, 2.05) is 18.2 Å². The Hall–Kier alpha value is -2.37. The van der Waals surface area contributed by atoms with Crippen molar-refractivity contribution in [3.63, 3.8) is 0 Å². The van der Waals surface area contributed by atoms with E-state index in [1.165, 1.54) is 0 Å². The first-order valence-electron chi connectivity index (χ1n) is 7.19. The second-order valence-corrected chi connectivity index (χ2v) is 5.29. The molecule has 0 spiro atoms. The van der Waals surface area contributed by atoms with Crippen LogP contribution in [0.25, 0.3) is 10.9 Å². The zero-order chi connectivity index (χ0) is 14.8. The summed E-state index contributed by atoms with van der Waals surface area (Å²) in [6.07, 6.45) is 4.50. The summed E-state index contributed by atoms with van der Waals surface area (Å²) >= 11 is 0. The van der Waals surface area contributed by atoms with Crippen molar-refractivity contribution in [3.05, 3.63) is 24.5 Å². The van der Waals surface area contributed by atoms with Gasteiger partial charge in [-0.25, -0.2) is 9.97 Å². The molecule has 1 fully saturated rings. The van der Waals surface area contributed by atoms with Crippen LogP contribution < -0.4 is 16.0 Å². The fourth-order valence-electron chi connectivity index (χ4n) is 2.91. The second-order valence-electron chi connectivity index (χ2n) is 5.29. The molecular formula is C15H19N5O. The Morgan fingerprint density at radius 1 is 1.38 bits per heavy atom. The highest BCUT2D eigenvalue weighted by Gasteiger charge is 2.30. The Kier molecular flexibility index (Phi) is 3.60. The smallest absolute Gasteiger partial charge is 0.242 e. The van der Waals surface area contributed by atoms with E-state index in [0.29, 0.717) is 5.69 Å². The number of aromatic nitrogens is 2. The lowest BCUT2D eigenvalue weighted by molar-refractivity contribution is -0.122. The summed E-state index contributed by atoms with van der Waals surface area (Å²) in [5.41, 5.74) is 7.41. The number of hydrogen-bond donors (Lipinski definition) is 2. The van der Waals surface area contributed by atoms with E-state index >= 15 is 0 Å². The molecule has 0 saturated carbocycles. The molecule has 3 N–H and O–H groups in total. The SMILES string of the molecule is CNC(=O)C1CCCCN1c1ncnc2ccc(N)cc12. The number of nitrogens with zero attached hydrogens (tertiary/aromatic N) is 3. The number of benzene rings is 1. The van der Waals surface area contributed by atoms with E-state index in [1.54, 1.807) is 13.4 Å². The maximum atomic E-state index is 12.1. The molecule has 1 aromatic carbocycles. The number of amides is 1. The van der Waals surface area contributed by atoms with Crippen LogP contribution in [0.15, 0.2) is 24.5 Å². The molecule has 6 nitrogen and oxygen atoms in total. The minimum absolute atomic E-state index is 0.0327. The van der Waals surface area contributed by atoms with Gasteiger partial charge in [-0.3, -0.25) is 4.79 Å². The van der Waals surface area contributed by atoms with E-state index in [2.05, 4.69) is 20.2 Å². The number of likely N-dealkylation sites (N-methyl/N-ethyl adjacent to an activating group) is 1. The van der Waals surface area contributed by atoms with Gasteiger partial charge in [0.1, 0.15) is 18.2 Å². The van der Waals surface area contributed by atoms with Crippen LogP contribution in [0.1, 0.15) is 19.3 Å². The molecule has 1 aromatic heterocycles. The first-order valence-corrected chi connectivity index (χ1v) is 7.19. The van der Waals surface area contributed by atoms with Gasteiger partial charge >= 0.3 is 0 Å². The summed E-state index contributed by atoms with van der Waals surface area (Å²) in [7, 11) is 1.67. The molecule has 1 aliphatic heterocycles. The molecule has 3 rings (SSSR count). The standard InChI is InChI=1S/C15H19N5O/c1-17-15(21)13-4-2-3-7-20(13)14-11-8-10(16)5-6-12(11)18-9-19-14/h5-6,8-9,13H,2-4,7,16H2,1H3,(H,17,21). The Bertz CT molecular complexity index is 672. The van der Waals surface area contributed by atoms with Gasteiger partial charge in [0, 0.05) is 24.7 Å². The predicted octanol–water partition coefficient (Wildman–Crippen LogP) is 1.32. The minimum atomic E-state index is -0.178. The van der Waals surface area contributed by atoms with Crippen molar-refractivity contribution < 1.29 is 4.79 Å². The zero-order valence-corrected chi connectivity index (χ0v) is 12.0. The van der Waals surface area contributed by atoms with Crippen LogP contribution in [0.4, 0.5) is 11.5 Å². The molecule has 1 atom stereocenters. The Balaban J connectivity index is 2.09. The average molecular weight is 285 g/mol. The third-order valence-corrected chi connectivity index (χ3v) is 3.96. The Morgan fingerprint density at radius 3 is 3.05 bits per heavy atom. The average Bonchev–Trinajstić information content (AvgIpc) is 2.53. The van der Waals surface area contributed by atoms with Gasteiger partial charge in [0.25, 0.3) is 0 Å². The number of piperidine rings is 1. The monoisotopic (exact) mass is 285 g/mol. The topological polar surface area (TPSA) is 84.1 Å². The second kappa shape index (κ2) is 5.55. The van der Waals surface area contributed by atoms with Crippen molar-refractivity contribution in [1.29, 1.82) is 0 Å². The van der Waals surface area contributed by atoms with Crippen LogP contribution in [-0.2, 0) is 4.79 Å². The quantitative estimate of drug-likeness (QED) is 0.813. The van der Waals surface area contributed by atoms with E-state index in [0.717, 1.165) is 42.5 Å². The number of fused-ring (bicyclic) bond motifs is 1. The molecule has 2 heterocycles. The van der Waals surface area contributed by atoms with Crippen molar-refractivity contribution in [2.75, 3.05) is 24.2 Å². The number of anilines is 2. The normalized spacial score (nSPS) is 18.7. The molecule has 1 saturated heterocycles. The van der Waals surface area contributed by atoms with Crippen molar-refractivity contribution >= 4 is 28.3 Å². The Morgan fingerprint density at radius 2 is 2.24 bits per heavy atom. The maximum absolute atomic E-state index is 12.1. The number of carbonyl (C=O) groups excluding carboxylic acids is 1. The van der Waals surface area contributed by atoms with Gasteiger partial charge in [-0.15, -0.1) is 0 Å². The molecule has 0 bridgehead atoms. The van der Waals surface area contributed by atoms with E-state index < -0.39 is 0 Å². The van der Waals surface area contributed by atoms with E-state index in [-0.39, 0.29) is 11.9 Å². The van der Waals surface area contributed by atoms with Gasteiger partial charge in [0.05, 0.1) is 5.52 Å². The minimum Gasteiger partial charge on any atom is -0.399 e. The van der Waals surface area contributed by atoms with Gasteiger partial charge in [-0.1, -0.05) is 0 Å². The molecular weight excluding hydrogens is 266 g/mol. The number of rotatable bonds is 2. The maximum Gasteiger partial charge on any atom is 0.242 e. The van der Waals surface area contributed by atoms with E-state index in [9.17, 15) is 4.79 Å². The van der Waals surface area contributed by atoms with Crippen LogP contribution in [0, 0.1) is 0 Å². The number of hydrogen-bond acceptors (Lipinski definition) is 5. The first-order chi connectivity index (χ1) is 10.2. The van der Waals surface area contributed by atoms with Crippen LogP contribution in [0.3, 0.4) is 0 Å². The molecule has 110 valence electrons. The number of nitrogens with one attached hydrogen (secondary N) is 1. The van der Waals surface area contributed by atoms with Crippen molar-refractivity contribution in [1.82, 2.24) is 15.3 Å². The van der Waals surface area contributed by atoms with Gasteiger partial charge in [-0.05, 0) is 37.5 Å². The molecule has 1 unspecified atom stereocenters. The number of carbonyl (C=O) groups is 1. The zero-order valence-electron chi connectivity index (χ0n) is 12.0. The summed E-state index contributed by atoms with van der Waals surface area (Å²) < 4.78 is 0. The largest absolute Gasteiger partial charge is 0.399 e. The van der Waals surface area contributed by atoms with Gasteiger partial charge in [0.2, 0.25) is 5.91 Å². The lowest BCUT2D eigenvalue weighted by Gasteiger charge is -2.35. The fraction of sp³-hybridized carbons (Fsp3) is 0.400. The van der Waals surface area contributed by atoms with Crippen LogP contribution in [0.2, 0.25) is 0 Å². The van der Waals surface area contributed by atoms with Gasteiger partial charge in [0.15, 0.2) is 0 Å². The summed E-state index contributed by atoms with van der Waals surface area (Å²) in [4.78, 5) is 22.9. The lowest BCUT2D eigenvalue weighted by atomic mass is 10.0.